The normalized spacial score (nSPS) is 26.6. The summed E-state index contributed by atoms with van der Waals surface area (Å²) in [4.78, 5) is 16.2. The van der Waals surface area contributed by atoms with Gasteiger partial charge in [-0.15, -0.1) is 11.8 Å². The van der Waals surface area contributed by atoms with E-state index in [4.69, 9.17) is 4.74 Å². The molecule has 2 heterocycles. The summed E-state index contributed by atoms with van der Waals surface area (Å²) in [6, 6.07) is 18.2. The zero-order valence-corrected chi connectivity index (χ0v) is 14.9. The van der Waals surface area contributed by atoms with E-state index in [2.05, 4.69) is 18.2 Å². The number of amides is 1. The Balaban J connectivity index is 1.54. The van der Waals surface area contributed by atoms with Crippen molar-refractivity contribution in [3.8, 4) is 5.75 Å². The fourth-order valence-corrected chi connectivity index (χ4v) is 6.27. The maximum Gasteiger partial charge on any atom is 0.270 e. The summed E-state index contributed by atoms with van der Waals surface area (Å²) >= 11 is 1.99. The number of carbonyl (C=O) groups is 1. The van der Waals surface area contributed by atoms with Crippen molar-refractivity contribution in [2.45, 2.75) is 53.9 Å². The van der Waals surface area contributed by atoms with Crippen LogP contribution in [0.1, 0.15) is 32.1 Å². The Morgan fingerprint density at radius 1 is 0.960 bits per heavy atom. The van der Waals surface area contributed by atoms with Gasteiger partial charge in [-0.05, 0) is 37.1 Å². The summed E-state index contributed by atoms with van der Waals surface area (Å²) in [5.74, 6) is 0.891. The number of benzene rings is 2. The smallest absolute Gasteiger partial charge is 0.270 e. The number of anilines is 1. The molecule has 1 amide bonds. The number of β-lactam (4-membered cyclic amide) rings is 1. The first kappa shape index (κ1) is 15.3. The zero-order chi connectivity index (χ0) is 16.9. The number of thioether (sulfide) groups is 1. The van der Waals surface area contributed by atoms with Crippen LogP contribution in [0.4, 0.5) is 5.69 Å². The van der Waals surface area contributed by atoms with Crippen molar-refractivity contribution in [2.75, 3.05) is 4.90 Å². The highest BCUT2D eigenvalue weighted by Gasteiger charge is 2.63. The Morgan fingerprint density at radius 2 is 1.68 bits per heavy atom. The van der Waals surface area contributed by atoms with E-state index >= 15 is 0 Å². The number of hydrogen-bond acceptors (Lipinski definition) is 3. The lowest BCUT2D eigenvalue weighted by molar-refractivity contribution is -0.136. The third kappa shape index (κ3) is 2.30. The predicted octanol–water partition coefficient (Wildman–Crippen LogP) is 4.66. The molecule has 0 radical (unpaired) electrons. The van der Waals surface area contributed by atoms with Gasteiger partial charge in [0.05, 0.1) is 11.7 Å². The van der Waals surface area contributed by atoms with Gasteiger partial charge < -0.3 is 4.74 Å². The minimum atomic E-state index is -0.360. The Hall–Kier alpha value is -1.94. The van der Waals surface area contributed by atoms with Gasteiger partial charge in [-0.2, -0.15) is 0 Å². The van der Waals surface area contributed by atoms with E-state index in [-0.39, 0.29) is 22.8 Å². The fourth-order valence-electron chi connectivity index (χ4n) is 4.57. The maximum atomic E-state index is 13.0. The Morgan fingerprint density at radius 3 is 2.48 bits per heavy atom. The minimum absolute atomic E-state index is 0.0972. The molecule has 2 aromatic rings. The molecule has 5 rings (SSSR count). The van der Waals surface area contributed by atoms with Crippen molar-refractivity contribution in [1.29, 1.82) is 0 Å². The minimum Gasteiger partial charge on any atom is -0.478 e. The second-order valence-corrected chi connectivity index (χ2v) is 8.66. The molecule has 0 unspecified atom stereocenters. The third-order valence-corrected chi connectivity index (χ3v) is 7.35. The van der Waals surface area contributed by atoms with Crippen molar-refractivity contribution in [3.05, 3.63) is 54.6 Å². The van der Waals surface area contributed by atoms with E-state index in [1.165, 1.54) is 24.2 Å². The summed E-state index contributed by atoms with van der Waals surface area (Å²) in [7, 11) is 0. The highest BCUT2D eigenvalue weighted by atomic mass is 32.2. The molecule has 2 atom stereocenters. The van der Waals surface area contributed by atoms with Gasteiger partial charge in [0, 0.05) is 9.64 Å². The van der Waals surface area contributed by atoms with Crippen LogP contribution in [-0.4, -0.2) is 22.8 Å². The lowest BCUT2D eigenvalue weighted by Gasteiger charge is -2.59. The van der Waals surface area contributed by atoms with Gasteiger partial charge in [0.15, 0.2) is 6.10 Å². The highest BCUT2D eigenvalue weighted by Crippen LogP contribution is 2.58. The molecule has 0 N–H and O–H groups in total. The van der Waals surface area contributed by atoms with Crippen LogP contribution in [0.25, 0.3) is 0 Å². The van der Waals surface area contributed by atoms with E-state index < -0.39 is 0 Å². The van der Waals surface area contributed by atoms with Gasteiger partial charge in [0.25, 0.3) is 5.91 Å². The number of para-hydroxylation sites is 2. The summed E-state index contributed by atoms with van der Waals surface area (Å²) in [6.07, 6.45) is 5.75. The molecular formula is C21H21NO2S. The molecule has 0 aromatic heterocycles. The molecule has 1 aliphatic carbocycles. The van der Waals surface area contributed by atoms with E-state index in [9.17, 15) is 4.79 Å². The van der Waals surface area contributed by atoms with Gasteiger partial charge in [-0.1, -0.05) is 49.6 Å². The van der Waals surface area contributed by atoms with Gasteiger partial charge in [-0.25, -0.2) is 0 Å². The number of carbonyl (C=O) groups excluding carboxylic acids is 1. The first-order chi connectivity index (χ1) is 12.3. The number of rotatable bonds is 2. The van der Waals surface area contributed by atoms with E-state index in [0.717, 1.165) is 24.3 Å². The van der Waals surface area contributed by atoms with Crippen LogP contribution in [0, 0.1) is 0 Å². The molecular weight excluding hydrogens is 330 g/mol. The molecule has 1 saturated heterocycles. The molecule has 25 heavy (non-hydrogen) atoms. The maximum absolute atomic E-state index is 13.0. The summed E-state index contributed by atoms with van der Waals surface area (Å²) < 4.78 is 6.27. The van der Waals surface area contributed by atoms with Crippen LogP contribution in [-0.2, 0) is 4.79 Å². The monoisotopic (exact) mass is 351 g/mol. The summed E-state index contributed by atoms with van der Waals surface area (Å²) in [5, 5.41) is 0. The first-order valence-electron chi connectivity index (χ1n) is 9.11. The van der Waals surface area contributed by atoms with Gasteiger partial charge in [0.2, 0.25) is 0 Å². The lowest BCUT2D eigenvalue weighted by Crippen LogP contribution is -2.76. The average molecular weight is 351 g/mol. The van der Waals surface area contributed by atoms with E-state index in [1.54, 1.807) is 0 Å². The van der Waals surface area contributed by atoms with E-state index in [1.807, 2.05) is 53.1 Å². The molecule has 0 bridgehead atoms. The van der Waals surface area contributed by atoms with Crippen LogP contribution in [0.15, 0.2) is 59.5 Å². The summed E-state index contributed by atoms with van der Waals surface area (Å²) in [6.45, 7) is 0. The lowest BCUT2D eigenvalue weighted by atomic mass is 9.75. The Bertz CT molecular complexity index is 801. The fraction of sp³-hybridized carbons (Fsp3) is 0.381. The zero-order valence-electron chi connectivity index (χ0n) is 14.1. The number of fused-ring (bicyclic) bond motifs is 4. The van der Waals surface area contributed by atoms with Crippen LogP contribution in [0.5, 0.6) is 5.75 Å². The van der Waals surface area contributed by atoms with Crippen LogP contribution in [0.2, 0.25) is 0 Å². The van der Waals surface area contributed by atoms with Gasteiger partial charge in [-0.3, -0.25) is 9.69 Å². The molecule has 1 spiro atoms. The van der Waals surface area contributed by atoms with Crippen molar-refractivity contribution in [2.24, 2.45) is 0 Å². The van der Waals surface area contributed by atoms with E-state index in [0.29, 0.717) is 0 Å². The quantitative estimate of drug-likeness (QED) is 0.737. The van der Waals surface area contributed by atoms with Crippen molar-refractivity contribution in [3.63, 3.8) is 0 Å². The highest BCUT2D eigenvalue weighted by molar-refractivity contribution is 8.01. The van der Waals surface area contributed by atoms with Crippen LogP contribution < -0.4 is 9.64 Å². The molecule has 4 heteroatoms. The molecule has 2 aromatic carbocycles. The Kier molecular flexibility index (Phi) is 3.56. The van der Waals surface area contributed by atoms with Crippen molar-refractivity contribution < 1.29 is 9.53 Å². The Labute approximate surface area is 152 Å². The second kappa shape index (κ2) is 5.80. The first-order valence-corrected chi connectivity index (χ1v) is 9.93. The third-order valence-electron chi connectivity index (χ3n) is 5.73. The standard InChI is InChI=1S/C21H21NO2S/c23-20-18(24-15-9-3-1-4-10-15)19-21(13-7-2-8-14-21)25-17-12-6-5-11-16(17)22(19)20/h1,3-6,9-12,18-19H,2,7-8,13-14H2/t18-,19+/m0/s1. The molecule has 128 valence electrons. The topological polar surface area (TPSA) is 29.5 Å². The number of ether oxygens (including phenoxy) is 1. The summed E-state index contributed by atoms with van der Waals surface area (Å²) in [5.41, 5.74) is 1.06. The second-order valence-electron chi connectivity index (χ2n) is 7.20. The molecule has 3 aliphatic rings. The van der Waals surface area contributed by atoms with Gasteiger partial charge >= 0.3 is 0 Å². The average Bonchev–Trinajstić information content (AvgIpc) is 2.66. The molecule has 2 aliphatic heterocycles. The number of hydrogen-bond donors (Lipinski definition) is 0. The van der Waals surface area contributed by atoms with Crippen molar-refractivity contribution in [1.82, 2.24) is 0 Å². The SMILES string of the molecule is O=C1[C@@H](Oc2ccccc2)[C@H]2N1c1ccccc1SC21CCCCC1. The van der Waals surface area contributed by atoms with Gasteiger partial charge in [0.1, 0.15) is 5.75 Å². The molecule has 2 fully saturated rings. The predicted molar refractivity (Wildman–Crippen MR) is 100 cm³/mol. The van der Waals surface area contributed by atoms with Crippen LogP contribution in [0.3, 0.4) is 0 Å². The molecule has 1 saturated carbocycles. The van der Waals surface area contributed by atoms with Crippen molar-refractivity contribution >= 4 is 23.4 Å². The largest absolute Gasteiger partial charge is 0.478 e. The van der Waals surface area contributed by atoms with Crippen LogP contribution >= 0.6 is 11.8 Å². The number of nitrogens with zero attached hydrogens (tertiary/aromatic N) is 1. The molecule has 3 nitrogen and oxygen atoms in total.